The second-order valence-corrected chi connectivity index (χ2v) is 3.25. The van der Waals surface area contributed by atoms with Crippen LogP contribution in [0.25, 0.3) is 11.8 Å². The molecule has 2 rings (SSSR count). The molecule has 0 saturated heterocycles. The van der Waals surface area contributed by atoms with Gasteiger partial charge >= 0.3 is 5.97 Å². The first-order chi connectivity index (χ1) is 8.72. The molecule has 0 unspecified atom stereocenters. The number of nitrogens with zero attached hydrogens (tertiary/aromatic N) is 5. The van der Waals surface area contributed by atoms with Gasteiger partial charge in [0.1, 0.15) is 6.07 Å². The highest BCUT2D eigenvalue weighted by Gasteiger charge is 2.09. The number of nitriles is 1. The Kier molecular flexibility index (Phi) is 3.11. The van der Waals surface area contributed by atoms with Crippen LogP contribution in [0, 0.1) is 11.3 Å². The first kappa shape index (κ1) is 11.5. The molecule has 0 radical (unpaired) electrons. The van der Waals surface area contributed by atoms with Crippen LogP contribution in [0.5, 0.6) is 0 Å². The predicted molar refractivity (Wildman–Crippen MR) is 60.5 cm³/mol. The topological polar surface area (TPSA) is 105 Å². The van der Waals surface area contributed by atoms with E-state index in [1.165, 1.54) is 10.8 Å². The van der Waals surface area contributed by atoms with Gasteiger partial charge in [0.25, 0.3) is 0 Å². The van der Waals surface area contributed by atoms with Crippen molar-refractivity contribution in [3.8, 4) is 11.8 Å². The van der Waals surface area contributed by atoms with Gasteiger partial charge in [-0.3, -0.25) is 0 Å². The van der Waals surface area contributed by atoms with E-state index < -0.39 is 5.97 Å². The number of aliphatic carboxylic acids is 1. The minimum Gasteiger partial charge on any atom is -0.478 e. The average Bonchev–Trinajstić information content (AvgIpc) is 2.84. The lowest BCUT2D eigenvalue weighted by Crippen LogP contribution is -2.02. The minimum absolute atomic E-state index is 0.236. The number of para-hydroxylation sites is 1. The Balaban J connectivity index is 2.50. The van der Waals surface area contributed by atoms with Crippen LogP contribution < -0.4 is 0 Å². The maximum Gasteiger partial charge on any atom is 0.328 e. The standard InChI is InChI=1S/C11H7N5O2/c12-7-8-3-1-2-4-9(8)16-10(13-14-15-16)5-6-11(17)18/h1-6H,(H,17,18)/b6-5+. The van der Waals surface area contributed by atoms with E-state index in [0.717, 1.165) is 6.08 Å². The highest BCUT2D eigenvalue weighted by Crippen LogP contribution is 2.13. The fourth-order valence-corrected chi connectivity index (χ4v) is 1.37. The number of hydrogen-bond donors (Lipinski definition) is 1. The van der Waals surface area contributed by atoms with E-state index in [0.29, 0.717) is 11.3 Å². The van der Waals surface area contributed by atoms with Crippen LogP contribution in [-0.4, -0.2) is 31.3 Å². The SMILES string of the molecule is N#Cc1ccccc1-n1nnnc1/C=C/C(=O)O. The van der Waals surface area contributed by atoms with Crippen molar-refractivity contribution in [2.24, 2.45) is 0 Å². The molecule has 0 fully saturated rings. The molecule has 18 heavy (non-hydrogen) atoms. The normalized spacial score (nSPS) is 10.4. The fraction of sp³-hybridized carbons (Fsp3) is 0. The van der Waals surface area contributed by atoms with E-state index in [9.17, 15) is 4.79 Å². The number of aromatic nitrogens is 4. The lowest BCUT2D eigenvalue weighted by molar-refractivity contribution is -0.131. The molecule has 1 aromatic heterocycles. The van der Waals surface area contributed by atoms with Crippen molar-refractivity contribution in [2.75, 3.05) is 0 Å². The van der Waals surface area contributed by atoms with Crippen molar-refractivity contribution in [1.82, 2.24) is 20.2 Å². The largest absolute Gasteiger partial charge is 0.478 e. The van der Waals surface area contributed by atoms with Gasteiger partial charge in [-0.1, -0.05) is 12.1 Å². The Morgan fingerprint density at radius 1 is 1.44 bits per heavy atom. The van der Waals surface area contributed by atoms with Crippen LogP contribution in [0.2, 0.25) is 0 Å². The molecule has 0 aliphatic carbocycles. The van der Waals surface area contributed by atoms with Crippen molar-refractivity contribution in [1.29, 1.82) is 5.26 Å². The third-order valence-corrected chi connectivity index (χ3v) is 2.12. The summed E-state index contributed by atoms with van der Waals surface area (Å²) in [7, 11) is 0. The highest BCUT2D eigenvalue weighted by molar-refractivity contribution is 5.84. The van der Waals surface area contributed by atoms with Gasteiger partial charge in [-0.15, -0.1) is 5.10 Å². The second kappa shape index (κ2) is 4.88. The number of benzene rings is 1. The summed E-state index contributed by atoms with van der Waals surface area (Å²) in [5.74, 6) is -0.863. The molecule has 7 nitrogen and oxygen atoms in total. The molecule has 0 saturated carbocycles. The van der Waals surface area contributed by atoms with Gasteiger partial charge in [0.2, 0.25) is 0 Å². The van der Waals surface area contributed by atoms with Crippen LogP contribution in [0.15, 0.2) is 30.3 Å². The Morgan fingerprint density at radius 2 is 2.22 bits per heavy atom. The van der Waals surface area contributed by atoms with Crippen LogP contribution in [0.3, 0.4) is 0 Å². The molecule has 88 valence electrons. The molecule has 0 aliphatic rings. The van der Waals surface area contributed by atoms with Gasteiger partial charge < -0.3 is 5.11 Å². The van der Waals surface area contributed by atoms with Crippen molar-refractivity contribution in [3.63, 3.8) is 0 Å². The molecule has 1 heterocycles. The zero-order valence-electron chi connectivity index (χ0n) is 9.06. The van der Waals surface area contributed by atoms with Crippen molar-refractivity contribution in [3.05, 3.63) is 41.7 Å². The number of carbonyl (C=O) groups is 1. The van der Waals surface area contributed by atoms with Gasteiger partial charge in [-0.2, -0.15) is 9.94 Å². The van der Waals surface area contributed by atoms with Gasteiger partial charge in [-0.05, 0) is 28.6 Å². The van der Waals surface area contributed by atoms with E-state index >= 15 is 0 Å². The highest BCUT2D eigenvalue weighted by atomic mass is 16.4. The monoisotopic (exact) mass is 241 g/mol. The Bertz CT molecular complexity index is 653. The molecule has 0 amide bonds. The molecule has 7 heteroatoms. The number of tetrazole rings is 1. The zero-order chi connectivity index (χ0) is 13.0. The first-order valence-electron chi connectivity index (χ1n) is 4.91. The molecule has 0 spiro atoms. The molecular formula is C11H7N5O2. The van der Waals surface area contributed by atoms with E-state index in [2.05, 4.69) is 15.5 Å². The summed E-state index contributed by atoms with van der Waals surface area (Å²) >= 11 is 0. The quantitative estimate of drug-likeness (QED) is 0.790. The van der Waals surface area contributed by atoms with E-state index in [1.54, 1.807) is 24.3 Å². The molecule has 0 aliphatic heterocycles. The van der Waals surface area contributed by atoms with Crippen LogP contribution >= 0.6 is 0 Å². The smallest absolute Gasteiger partial charge is 0.328 e. The summed E-state index contributed by atoms with van der Waals surface area (Å²) in [5.41, 5.74) is 0.893. The van der Waals surface area contributed by atoms with Crippen LogP contribution in [0.4, 0.5) is 0 Å². The maximum absolute atomic E-state index is 10.4. The van der Waals surface area contributed by atoms with Crippen LogP contribution in [0.1, 0.15) is 11.4 Å². The second-order valence-electron chi connectivity index (χ2n) is 3.25. The Morgan fingerprint density at radius 3 is 2.94 bits per heavy atom. The van der Waals surface area contributed by atoms with E-state index in [-0.39, 0.29) is 5.82 Å². The number of carboxylic acid groups (broad SMARTS) is 1. The Hall–Kier alpha value is -3.01. The van der Waals surface area contributed by atoms with Gasteiger partial charge in [0.15, 0.2) is 5.82 Å². The summed E-state index contributed by atoms with van der Waals surface area (Å²) in [6, 6.07) is 8.78. The van der Waals surface area contributed by atoms with Gasteiger partial charge in [0, 0.05) is 6.08 Å². The summed E-state index contributed by atoms with van der Waals surface area (Å²) in [4.78, 5) is 10.4. The maximum atomic E-state index is 10.4. The fourth-order valence-electron chi connectivity index (χ4n) is 1.37. The molecule has 1 aromatic carbocycles. The van der Waals surface area contributed by atoms with Crippen LogP contribution in [-0.2, 0) is 4.79 Å². The average molecular weight is 241 g/mol. The number of hydrogen-bond acceptors (Lipinski definition) is 5. The van der Waals surface area contributed by atoms with Crippen molar-refractivity contribution in [2.45, 2.75) is 0 Å². The first-order valence-corrected chi connectivity index (χ1v) is 4.91. The lowest BCUT2D eigenvalue weighted by Gasteiger charge is -2.02. The van der Waals surface area contributed by atoms with Gasteiger partial charge in [-0.25, -0.2) is 4.79 Å². The number of carboxylic acids is 1. The third-order valence-electron chi connectivity index (χ3n) is 2.12. The summed E-state index contributed by atoms with van der Waals surface area (Å²) in [5, 5.41) is 28.4. The van der Waals surface area contributed by atoms with Crippen molar-refractivity contribution < 1.29 is 9.90 Å². The summed E-state index contributed by atoms with van der Waals surface area (Å²) in [6.45, 7) is 0. The zero-order valence-corrected chi connectivity index (χ0v) is 9.06. The molecule has 2 aromatic rings. The molecular weight excluding hydrogens is 234 g/mol. The number of rotatable bonds is 3. The Labute approximate surface area is 102 Å². The summed E-state index contributed by atoms with van der Waals surface area (Å²) in [6.07, 6.45) is 2.19. The van der Waals surface area contributed by atoms with E-state index in [1.807, 2.05) is 6.07 Å². The molecule has 0 bridgehead atoms. The van der Waals surface area contributed by atoms with Crippen molar-refractivity contribution >= 4 is 12.0 Å². The summed E-state index contributed by atoms with van der Waals surface area (Å²) < 4.78 is 1.30. The van der Waals surface area contributed by atoms with E-state index in [4.69, 9.17) is 10.4 Å². The molecule has 1 N–H and O–H groups in total. The van der Waals surface area contributed by atoms with Gasteiger partial charge in [0.05, 0.1) is 11.3 Å². The molecule has 0 atom stereocenters. The minimum atomic E-state index is -1.10. The predicted octanol–water partition coefficient (Wildman–Crippen LogP) is 0.632. The lowest BCUT2D eigenvalue weighted by atomic mass is 10.2. The third kappa shape index (κ3) is 2.22.